The van der Waals surface area contributed by atoms with Crippen LogP contribution in [0.1, 0.15) is 35.7 Å². The molecule has 2 nitrogen and oxygen atoms in total. The normalized spacial score (nSPS) is 12.2. The van der Waals surface area contributed by atoms with E-state index in [-0.39, 0.29) is 11.7 Å². The minimum Gasteiger partial charge on any atom is -0.352 e. The Labute approximate surface area is 116 Å². The highest BCUT2D eigenvalue weighted by molar-refractivity contribution is 9.09. The lowest BCUT2D eigenvalue weighted by molar-refractivity contribution is 0.0946. The SMILES string of the molecule is CCC(CCBr)CNC(=O)c1cc(C)cc(F)c1. The topological polar surface area (TPSA) is 29.1 Å². The van der Waals surface area contributed by atoms with E-state index in [1.165, 1.54) is 12.1 Å². The van der Waals surface area contributed by atoms with Gasteiger partial charge in [0.1, 0.15) is 5.82 Å². The number of alkyl halides is 1. The fraction of sp³-hybridized carbons (Fsp3) is 0.500. The largest absolute Gasteiger partial charge is 0.352 e. The van der Waals surface area contributed by atoms with E-state index in [2.05, 4.69) is 28.2 Å². The first-order chi connectivity index (χ1) is 8.56. The molecule has 4 heteroatoms. The number of rotatable bonds is 6. The predicted molar refractivity (Wildman–Crippen MR) is 75.7 cm³/mol. The number of hydrogen-bond donors (Lipinski definition) is 1. The summed E-state index contributed by atoms with van der Waals surface area (Å²) in [7, 11) is 0. The summed E-state index contributed by atoms with van der Waals surface area (Å²) in [6, 6.07) is 4.38. The van der Waals surface area contributed by atoms with Crippen molar-refractivity contribution in [2.24, 2.45) is 5.92 Å². The molecule has 1 amide bonds. The Bertz CT molecular complexity index is 389. The molecule has 0 saturated heterocycles. The summed E-state index contributed by atoms with van der Waals surface area (Å²) in [6.45, 7) is 4.52. The zero-order valence-electron chi connectivity index (χ0n) is 10.8. The third-order valence-electron chi connectivity index (χ3n) is 2.95. The molecule has 1 atom stereocenters. The molecule has 0 radical (unpaired) electrons. The molecule has 1 aromatic carbocycles. The van der Waals surface area contributed by atoms with Crippen molar-refractivity contribution in [2.75, 3.05) is 11.9 Å². The van der Waals surface area contributed by atoms with Gasteiger partial charge in [0.05, 0.1) is 0 Å². The smallest absolute Gasteiger partial charge is 0.251 e. The van der Waals surface area contributed by atoms with Crippen LogP contribution in [0.3, 0.4) is 0 Å². The monoisotopic (exact) mass is 315 g/mol. The second-order valence-electron chi connectivity index (χ2n) is 4.48. The van der Waals surface area contributed by atoms with Crippen LogP contribution >= 0.6 is 15.9 Å². The Hall–Kier alpha value is -0.900. The van der Waals surface area contributed by atoms with Crippen LogP contribution in [0.5, 0.6) is 0 Å². The molecule has 18 heavy (non-hydrogen) atoms. The van der Waals surface area contributed by atoms with E-state index in [4.69, 9.17) is 0 Å². The molecule has 1 rings (SSSR count). The van der Waals surface area contributed by atoms with Gasteiger partial charge in [-0.25, -0.2) is 4.39 Å². The molecule has 0 saturated carbocycles. The minimum absolute atomic E-state index is 0.203. The van der Waals surface area contributed by atoms with E-state index in [1.54, 1.807) is 13.0 Å². The Kier molecular flexibility index (Phi) is 6.33. The quantitative estimate of drug-likeness (QED) is 0.797. The number of aryl methyl sites for hydroxylation is 1. The lowest BCUT2D eigenvalue weighted by atomic mass is 10.0. The van der Waals surface area contributed by atoms with Gasteiger partial charge in [-0.15, -0.1) is 0 Å². The lowest BCUT2D eigenvalue weighted by Gasteiger charge is -2.14. The van der Waals surface area contributed by atoms with Crippen molar-refractivity contribution in [2.45, 2.75) is 26.7 Å². The van der Waals surface area contributed by atoms with E-state index in [9.17, 15) is 9.18 Å². The highest BCUT2D eigenvalue weighted by Gasteiger charge is 2.10. The van der Waals surface area contributed by atoms with Gasteiger partial charge in [-0.05, 0) is 43.0 Å². The van der Waals surface area contributed by atoms with E-state index < -0.39 is 0 Å². The number of halogens is 2. The van der Waals surface area contributed by atoms with Crippen LogP contribution in [0.15, 0.2) is 18.2 Å². The summed E-state index contributed by atoms with van der Waals surface area (Å²) >= 11 is 3.40. The Morgan fingerprint density at radius 3 is 2.72 bits per heavy atom. The molecule has 1 unspecified atom stereocenters. The summed E-state index contributed by atoms with van der Waals surface area (Å²) in [5.74, 6) is -0.110. The predicted octanol–water partition coefficient (Wildman–Crippen LogP) is 3.68. The molecule has 0 aromatic heterocycles. The Morgan fingerprint density at radius 2 is 2.17 bits per heavy atom. The maximum atomic E-state index is 13.2. The van der Waals surface area contributed by atoms with Gasteiger partial charge < -0.3 is 5.32 Å². The van der Waals surface area contributed by atoms with Gasteiger partial charge in [-0.2, -0.15) is 0 Å². The number of nitrogens with one attached hydrogen (secondary N) is 1. The maximum Gasteiger partial charge on any atom is 0.251 e. The zero-order chi connectivity index (χ0) is 13.5. The summed E-state index contributed by atoms with van der Waals surface area (Å²) < 4.78 is 13.2. The van der Waals surface area contributed by atoms with Crippen molar-refractivity contribution in [1.82, 2.24) is 5.32 Å². The Balaban J connectivity index is 2.59. The molecule has 0 fully saturated rings. The fourth-order valence-electron chi connectivity index (χ4n) is 1.81. The van der Waals surface area contributed by atoms with Gasteiger partial charge in [-0.3, -0.25) is 4.79 Å². The zero-order valence-corrected chi connectivity index (χ0v) is 12.4. The van der Waals surface area contributed by atoms with E-state index in [1.807, 2.05) is 0 Å². The number of hydrogen-bond acceptors (Lipinski definition) is 1. The van der Waals surface area contributed by atoms with E-state index >= 15 is 0 Å². The van der Waals surface area contributed by atoms with Crippen molar-refractivity contribution in [1.29, 1.82) is 0 Å². The summed E-state index contributed by atoms with van der Waals surface area (Å²) in [4.78, 5) is 11.9. The van der Waals surface area contributed by atoms with Gasteiger partial charge in [-0.1, -0.05) is 29.3 Å². The molecule has 0 aliphatic rings. The van der Waals surface area contributed by atoms with Crippen LogP contribution < -0.4 is 5.32 Å². The number of amides is 1. The van der Waals surface area contributed by atoms with E-state index in [0.29, 0.717) is 18.0 Å². The van der Waals surface area contributed by atoms with Gasteiger partial charge in [0.2, 0.25) is 0 Å². The minimum atomic E-state index is -0.368. The molecular weight excluding hydrogens is 297 g/mol. The summed E-state index contributed by atoms with van der Waals surface area (Å²) in [6.07, 6.45) is 2.05. The molecule has 0 heterocycles. The number of benzene rings is 1. The van der Waals surface area contributed by atoms with Gasteiger partial charge in [0.25, 0.3) is 5.91 Å². The molecule has 0 aliphatic heterocycles. The molecule has 0 aliphatic carbocycles. The van der Waals surface area contributed by atoms with Crippen molar-refractivity contribution in [3.8, 4) is 0 Å². The van der Waals surface area contributed by atoms with Crippen molar-refractivity contribution in [3.63, 3.8) is 0 Å². The van der Waals surface area contributed by atoms with Crippen LogP contribution in [0.2, 0.25) is 0 Å². The molecule has 100 valence electrons. The molecular formula is C14H19BrFNO. The first-order valence-corrected chi connectivity index (χ1v) is 7.30. The molecule has 0 bridgehead atoms. The lowest BCUT2D eigenvalue weighted by Crippen LogP contribution is -2.29. The third-order valence-corrected chi connectivity index (χ3v) is 3.41. The van der Waals surface area contributed by atoms with Crippen LogP contribution in [-0.4, -0.2) is 17.8 Å². The second-order valence-corrected chi connectivity index (χ2v) is 5.27. The highest BCUT2D eigenvalue weighted by atomic mass is 79.9. The molecule has 1 N–H and O–H groups in total. The number of carbonyl (C=O) groups excluding carboxylic acids is 1. The third kappa shape index (κ3) is 4.77. The summed E-state index contributed by atoms with van der Waals surface area (Å²) in [5.41, 5.74) is 1.15. The summed E-state index contributed by atoms with van der Waals surface area (Å²) in [5, 5.41) is 3.79. The molecule has 0 spiro atoms. The van der Waals surface area contributed by atoms with Gasteiger partial charge in [0.15, 0.2) is 0 Å². The standard InChI is InChI=1S/C14H19BrFNO/c1-3-11(4-5-15)9-17-14(18)12-6-10(2)7-13(16)8-12/h6-8,11H,3-5,9H2,1-2H3,(H,17,18). The van der Waals surface area contributed by atoms with Crippen LogP contribution in [-0.2, 0) is 0 Å². The van der Waals surface area contributed by atoms with Gasteiger partial charge >= 0.3 is 0 Å². The maximum absolute atomic E-state index is 13.2. The van der Waals surface area contributed by atoms with Crippen molar-refractivity contribution < 1.29 is 9.18 Å². The van der Waals surface area contributed by atoms with Crippen LogP contribution in [0.4, 0.5) is 4.39 Å². The number of carbonyl (C=O) groups is 1. The van der Waals surface area contributed by atoms with Gasteiger partial charge in [0, 0.05) is 17.4 Å². The highest BCUT2D eigenvalue weighted by Crippen LogP contribution is 2.11. The van der Waals surface area contributed by atoms with Crippen LogP contribution in [0.25, 0.3) is 0 Å². The second kappa shape index (κ2) is 7.52. The first kappa shape index (κ1) is 15.2. The average molecular weight is 316 g/mol. The average Bonchev–Trinajstić information content (AvgIpc) is 2.32. The first-order valence-electron chi connectivity index (χ1n) is 6.18. The molecule has 1 aromatic rings. The van der Waals surface area contributed by atoms with Crippen molar-refractivity contribution in [3.05, 3.63) is 35.1 Å². The fourth-order valence-corrected chi connectivity index (χ4v) is 2.46. The van der Waals surface area contributed by atoms with Crippen molar-refractivity contribution >= 4 is 21.8 Å². The van der Waals surface area contributed by atoms with Crippen LogP contribution in [0, 0.1) is 18.7 Å². The van der Waals surface area contributed by atoms with E-state index in [0.717, 1.165) is 23.7 Å². The Morgan fingerprint density at radius 1 is 1.44 bits per heavy atom.